The molecule has 2 atom stereocenters. The number of piperidine rings is 1. The molecule has 7 heteroatoms. The van der Waals surface area contributed by atoms with Crippen molar-refractivity contribution in [1.82, 2.24) is 4.90 Å². The second-order valence-electron chi connectivity index (χ2n) is 7.59. The van der Waals surface area contributed by atoms with Crippen molar-refractivity contribution in [3.05, 3.63) is 27.7 Å². The first-order valence-corrected chi connectivity index (χ1v) is 9.68. The number of amides is 1. The van der Waals surface area contributed by atoms with Gasteiger partial charge in [0.25, 0.3) is 0 Å². The molecule has 2 aliphatic rings. The number of nitrogens with zero attached hydrogens (tertiary/aromatic N) is 2. The number of fused-ring (bicyclic) bond motifs is 2. The van der Waals surface area contributed by atoms with Crippen LogP contribution in [0.4, 0.5) is 10.5 Å². The Kier molecular flexibility index (Phi) is 5.30. The van der Waals surface area contributed by atoms with E-state index in [1.165, 1.54) is 0 Å². The monoisotopic (exact) mass is 427 g/mol. The molecule has 2 bridgehead atoms. The van der Waals surface area contributed by atoms with Crippen LogP contribution in [0.25, 0.3) is 0 Å². The van der Waals surface area contributed by atoms with E-state index in [2.05, 4.69) is 26.5 Å². The van der Waals surface area contributed by atoms with Gasteiger partial charge in [-0.3, -0.25) is 5.43 Å². The fourth-order valence-corrected chi connectivity index (χ4v) is 4.13. The molecule has 25 heavy (non-hydrogen) atoms. The number of hydrogen-bond acceptors (Lipinski definition) is 4. The van der Waals surface area contributed by atoms with E-state index < -0.39 is 5.60 Å². The fraction of sp³-hybridized carbons (Fsp3) is 0.556. The molecule has 2 saturated heterocycles. The van der Waals surface area contributed by atoms with Gasteiger partial charge in [-0.2, -0.15) is 5.10 Å². The minimum absolute atomic E-state index is 0.175. The maximum atomic E-state index is 12.5. The summed E-state index contributed by atoms with van der Waals surface area (Å²) in [6.45, 7) is 5.69. The summed E-state index contributed by atoms with van der Waals surface area (Å²) in [5.41, 5.74) is 4.45. The second-order valence-corrected chi connectivity index (χ2v) is 8.92. The molecule has 2 heterocycles. The van der Waals surface area contributed by atoms with Crippen LogP contribution in [-0.4, -0.2) is 34.4 Å². The summed E-state index contributed by atoms with van der Waals surface area (Å²) in [5.74, 6) is 0. The predicted octanol–water partition coefficient (Wildman–Crippen LogP) is 5.43. The lowest BCUT2D eigenvalue weighted by molar-refractivity contribution is 0.0138. The van der Waals surface area contributed by atoms with Crippen molar-refractivity contribution in [2.75, 3.05) is 5.43 Å². The van der Waals surface area contributed by atoms with Gasteiger partial charge >= 0.3 is 6.09 Å². The lowest BCUT2D eigenvalue weighted by Crippen LogP contribution is -2.48. The summed E-state index contributed by atoms with van der Waals surface area (Å²) < 4.78 is 6.49. The lowest BCUT2D eigenvalue weighted by Gasteiger charge is -2.36. The zero-order chi connectivity index (χ0) is 18.2. The van der Waals surface area contributed by atoms with Gasteiger partial charge in [-0.1, -0.05) is 27.5 Å². The van der Waals surface area contributed by atoms with Gasteiger partial charge in [-0.15, -0.1) is 0 Å². The Morgan fingerprint density at radius 2 is 1.96 bits per heavy atom. The number of rotatable bonds is 2. The van der Waals surface area contributed by atoms with Crippen molar-refractivity contribution < 1.29 is 9.53 Å². The Morgan fingerprint density at radius 3 is 2.52 bits per heavy atom. The Labute approximate surface area is 161 Å². The Balaban J connectivity index is 1.66. The summed E-state index contributed by atoms with van der Waals surface area (Å²) in [4.78, 5) is 14.4. The summed E-state index contributed by atoms with van der Waals surface area (Å²) in [7, 11) is 0. The molecule has 0 radical (unpaired) electrons. The number of carbonyl (C=O) groups excluding carboxylic acids is 1. The van der Waals surface area contributed by atoms with Crippen molar-refractivity contribution >= 4 is 45.0 Å². The van der Waals surface area contributed by atoms with E-state index in [0.29, 0.717) is 5.02 Å². The average molecular weight is 429 g/mol. The first kappa shape index (κ1) is 18.5. The number of anilines is 1. The van der Waals surface area contributed by atoms with E-state index in [-0.39, 0.29) is 18.2 Å². The third-order valence-corrected chi connectivity index (χ3v) is 5.24. The maximum Gasteiger partial charge on any atom is 0.410 e. The Bertz CT molecular complexity index is 686. The second kappa shape index (κ2) is 7.16. The third kappa shape index (κ3) is 4.47. The normalized spacial score (nSPS) is 22.8. The van der Waals surface area contributed by atoms with Gasteiger partial charge in [0.2, 0.25) is 0 Å². The van der Waals surface area contributed by atoms with Crippen LogP contribution in [0, 0.1) is 0 Å². The zero-order valence-electron chi connectivity index (χ0n) is 14.7. The van der Waals surface area contributed by atoms with Gasteiger partial charge in [0.05, 0.1) is 10.7 Å². The molecule has 1 N–H and O–H groups in total. The SMILES string of the molecule is CC(C)(C)OC(=O)N1[C@H]2CC[C@H]1CC(=NNc1ccc(Br)cc1Cl)C2. The molecule has 0 aromatic heterocycles. The van der Waals surface area contributed by atoms with Gasteiger partial charge in [-0.05, 0) is 51.8 Å². The van der Waals surface area contributed by atoms with E-state index in [9.17, 15) is 4.79 Å². The molecule has 1 aromatic rings. The largest absolute Gasteiger partial charge is 0.444 e. The smallest absolute Gasteiger partial charge is 0.410 e. The Hall–Kier alpha value is -1.27. The molecule has 0 spiro atoms. The molecule has 0 unspecified atom stereocenters. The van der Waals surface area contributed by atoms with Crippen LogP contribution in [0.5, 0.6) is 0 Å². The van der Waals surface area contributed by atoms with Gasteiger partial charge in [-0.25, -0.2) is 4.79 Å². The van der Waals surface area contributed by atoms with Crippen LogP contribution in [0.3, 0.4) is 0 Å². The Morgan fingerprint density at radius 1 is 1.32 bits per heavy atom. The van der Waals surface area contributed by atoms with Crippen molar-refractivity contribution in [1.29, 1.82) is 0 Å². The highest BCUT2D eigenvalue weighted by Gasteiger charge is 2.43. The van der Waals surface area contributed by atoms with Crippen molar-refractivity contribution in [3.63, 3.8) is 0 Å². The van der Waals surface area contributed by atoms with Crippen molar-refractivity contribution in [3.8, 4) is 0 Å². The summed E-state index contributed by atoms with van der Waals surface area (Å²) >= 11 is 9.60. The van der Waals surface area contributed by atoms with Crippen molar-refractivity contribution in [2.24, 2.45) is 5.10 Å². The minimum Gasteiger partial charge on any atom is -0.444 e. The van der Waals surface area contributed by atoms with Crippen LogP contribution in [0.2, 0.25) is 5.02 Å². The van der Waals surface area contributed by atoms with Gasteiger partial charge in [0.15, 0.2) is 0 Å². The van der Waals surface area contributed by atoms with Crippen LogP contribution >= 0.6 is 27.5 Å². The van der Waals surface area contributed by atoms with Crippen molar-refractivity contribution in [2.45, 2.75) is 64.1 Å². The van der Waals surface area contributed by atoms with Gasteiger partial charge in [0.1, 0.15) is 5.60 Å². The highest BCUT2D eigenvalue weighted by molar-refractivity contribution is 9.10. The average Bonchev–Trinajstić information content (AvgIpc) is 2.76. The van der Waals surface area contributed by atoms with Crippen LogP contribution < -0.4 is 5.43 Å². The quantitative estimate of drug-likeness (QED) is 0.639. The van der Waals surface area contributed by atoms with E-state index >= 15 is 0 Å². The van der Waals surface area contributed by atoms with E-state index in [1.54, 1.807) is 0 Å². The highest BCUT2D eigenvalue weighted by Crippen LogP contribution is 2.36. The molecule has 136 valence electrons. The van der Waals surface area contributed by atoms with E-state index in [0.717, 1.165) is 41.6 Å². The number of nitrogens with one attached hydrogen (secondary N) is 1. The van der Waals surface area contributed by atoms with E-state index in [4.69, 9.17) is 16.3 Å². The van der Waals surface area contributed by atoms with Crippen LogP contribution in [0.1, 0.15) is 46.5 Å². The number of carbonyl (C=O) groups is 1. The summed E-state index contributed by atoms with van der Waals surface area (Å²) in [6.07, 6.45) is 3.35. The molecule has 2 aliphatic heterocycles. The zero-order valence-corrected chi connectivity index (χ0v) is 17.0. The molecule has 0 aliphatic carbocycles. The first-order chi connectivity index (χ1) is 11.7. The molecule has 2 fully saturated rings. The number of halogens is 2. The summed E-state index contributed by atoms with van der Waals surface area (Å²) in [5, 5.41) is 5.16. The minimum atomic E-state index is -0.467. The molecule has 3 rings (SSSR count). The van der Waals surface area contributed by atoms with Crippen LogP contribution in [0.15, 0.2) is 27.8 Å². The molecular formula is C18H23BrClN3O2. The first-order valence-electron chi connectivity index (χ1n) is 8.51. The number of ether oxygens (including phenoxy) is 1. The number of benzene rings is 1. The molecule has 1 amide bonds. The number of hydrazone groups is 1. The molecule has 1 aromatic carbocycles. The standard InChI is InChI=1S/C18H23BrClN3O2/c1-18(2,3)25-17(24)23-13-5-6-14(23)10-12(9-13)21-22-16-7-4-11(19)8-15(16)20/h4,7-8,13-14,22H,5-6,9-10H2,1-3H3/t13-,14-/m0/s1. The van der Waals surface area contributed by atoms with Crippen LogP contribution in [-0.2, 0) is 4.74 Å². The van der Waals surface area contributed by atoms with Gasteiger partial charge < -0.3 is 9.64 Å². The molecule has 5 nitrogen and oxygen atoms in total. The highest BCUT2D eigenvalue weighted by atomic mass is 79.9. The maximum absolute atomic E-state index is 12.5. The molecule has 0 saturated carbocycles. The fourth-order valence-electron chi connectivity index (χ4n) is 3.41. The number of hydrogen-bond donors (Lipinski definition) is 1. The lowest BCUT2D eigenvalue weighted by atomic mass is 10.0. The predicted molar refractivity (Wildman–Crippen MR) is 104 cm³/mol. The topological polar surface area (TPSA) is 53.9 Å². The van der Waals surface area contributed by atoms with Gasteiger partial charge in [0, 0.05) is 35.1 Å². The molecular weight excluding hydrogens is 406 g/mol. The third-order valence-electron chi connectivity index (χ3n) is 4.43. The van der Waals surface area contributed by atoms with E-state index in [1.807, 2.05) is 43.9 Å². The summed E-state index contributed by atoms with van der Waals surface area (Å²) in [6, 6.07) is 5.99.